The Morgan fingerprint density at radius 2 is 1.93 bits per heavy atom. The Hall–Kier alpha value is -0.350. The smallest absolute Gasteiger partial charge is 0.0739 e. The zero-order valence-corrected chi connectivity index (χ0v) is 11.0. The maximum absolute atomic E-state index is 4.42. The molecule has 2 rings (SSSR count). The second kappa shape index (κ2) is 4.66. The van der Waals surface area contributed by atoms with E-state index < -0.39 is 0 Å². The van der Waals surface area contributed by atoms with Gasteiger partial charge in [0.15, 0.2) is 0 Å². The highest BCUT2D eigenvalue weighted by atomic mass is 79.9. The number of likely N-dealkylation sites (tertiary alicyclic amines) is 1. The molecule has 0 amide bonds. The van der Waals surface area contributed by atoms with Gasteiger partial charge in [0.1, 0.15) is 0 Å². The van der Waals surface area contributed by atoms with Gasteiger partial charge in [-0.25, -0.2) is 0 Å². The lowest BCUT2D eigenvalue weighted by Gasteiger charge is -2.26. The zero-order valence-electron chi connectivity index (χ0n) is 9.46. The Morgan fingerprint density at radius 1 is 1.27 bits per heavy atom. The highest BCUT2D eigenvalue weighted by molar-refractivity contribution is 9.10. The molecular weight excluding hydrogens is 254 g/mol. The van der Waals surface area contributed by atoms with E-state index in [2.05, 4.69) is 25.9 Å². The number of aromatic nitrogens is 2. The fraction of sp³-hybridized carbons (Fsp3) is 0.727. The molecule has 1 fully saturated rings. The number of halogens is 1. The van der Waals surface area contributed by atoms with E-state index in [-0.39, 0.29) is 0 Å². The maximum Gasteiger partial charge on any atom is 0.0739 e. The number of aryl methyl sites for hydroxylation is 2. The van der Waals surface area contributed by atoms with Crippen LogP contribution in [-0.2, 0) is 13.6 Å². The van der Waals surface area contributed by atoms with Crippen molar-refractivity contribution in [1.29, 1.82) is 0 Å². The van der Waals surface area contributed by atoms with Crippen molar-refractivity contribution < 1.29 is 0 Å². The lowest BCUT2D eigenvalue weighted by Crippen LogP contribution is -2.30. The maximum atomic E-state index is 4.42. The van der Waals surface area contributed by atoms with E-state index in [1.54, 1.807) is 0 Å². The van der Waals surface area contributed by atoms with Crippen LogP contribution in [0.1, 0.15) is 30.7 Å². The van der Waals surface area contributed by atoms with E-state index in [0.29, 0.717) is 0 Å². The summed E-state index contributed by atoms with van der Waals surface area (Å²) in [5.41, 5.74) is 2.39. The summed E-state index contributed by atoms with van der Waals surface area (Å²) in [5.74, 6) is 0. The van der Waals surface area contributed by atoms with Crippen LogP contribution in [0, 0.1) is 6.92 Å². The van der Waals surface area contributed by atoms with Crippen LogP contribution < -0.4 is 0 Å². The molecule has 0 bridgehead atoms. The van der Waals surface area contributed by atoms with Crippen LogP contribution in [0.15, 0.2) is 4.47 Å². The van der Waals surface area contributed by atoms with Crippen molar-refractivity contribution in [1.82, 2.24) is 14.7 Å². The third kappa shape index (κ3) is 2.42. The minimum Gasteiger partial charge on any atom is -0.297 e. The first-order valence-corrected chi connectivity index (χ1v) is 6.38. The Morgan fingerprint density at radius 3 is 2.47 bits per heavy atom. The van der Waals surface area contributed by atoms with Crippen molar-refractivity contribution in [2.75, 3.05) is 13.1 Å². The van der Waals surface area contributed by atoms with Crippen molar-refractivity contribution in [2.24, 2.45) is 7.05 Å². The van der Waals surface area contributed by atoms with Crippen LogP contribution in [0.3, 0.4) is 0 Å². The predicted octanol–water partition coefficient (Wildman–Crippen LogP) is 2.48. The zero-order chi connectivity index (χ0) is 10.8. The normalized spacial score (nSPS) is 18.3. The van der Waals surface area contributed by atoms with Crippen LogP contribution in [0.4, 0.5) is 0 Å². The van der Waals surface area contributed by atoms with E-state index in [1.807, 2.05) is 18.7 Å². The first kappa shape index (κ1) is 11.1. The van der Waals surface area contributed by atoms with Gasteiger partial charge in [-0.1, -0.05) is 6.42 Å². The Labute approximate surface area is 99.6 Å². The first-order valence-electron chi connectivity index (χ1n) is 5.59. The number of hydrogen-bond acceptors (Lipinski definition) is 2. The molecule has 0 saturated carbocycles. The second-order valence-electron chi connectivity index (χ2n) is 4.31. The molecule has 0 N–H and O–H groups in total. The molecule has 0 radical (unpaired) electrons. The lowest BCUT2D eigenvalue weighted by atomic mass is 10.1. The van der Waals surface area contributed by atoms with Crippen molar-refractivity contribution >= 4 is 15.9 Å². The molecule has 1 aliphatic heterocycles. The molecule has 1 aromatic rings. The topological polar surface area (TPSA) is 21.1 Å². The summed E-state index contributed by atoms with van der Waals surface area (Å²) in [5, 5.41) is 4.42. The van der Waals surface area contributed by atoms with E-state index in [1.165, 1.54) is 42.5 Å². The molecule has 0 atom stereocenters. The van der Waals surface area contributed by atoms with Gasteiger partial charge in [0, 0.05) is 13.6 Å². The van der Waals surface area contributed by atoms with E-state index in [4.69, 9.17) is 0 Å². The van der Waals surface area contributed by atoms with Crippen LogP contribution in [0.5, 0.6) is 0 Å². The van der Waals surface area contributed by atoms with Crippen LogP contribution >= 0.6 is 15.9 Å². The molecule has 0 aromatic carbocycles. The van der Waals surface area contributed by atoms with Crippen molar-refractivity contribution in [2.45, 2.75) is 32.7 Å². The molecule has 0 unspecified atom stereocenters. The third-order valence-corrected chi connectivity index (χ3v) is 4.12. The Balaban J connectivity index is 2.09. The van der Waals surface area contributed by atoms with Crippen molar-refractivity contribution in [3.05, 3.63) is 15.9 Å². The molecular formula is C11H18BrN3. The van der Waals surface area contributed by atoms with E-state index in [9.17, 15) is 0 Å². The highest BCUT2D eigenvalue weighted by Gasteiger charge is 2.16. The molecule has 1 saturated heterocycles. The van der Waals surface area contributed by atoms with Crippen molar-refractivity contribution in [3.63, 3.8) is 0 Å². The molecule has 1 aliphatic rings. The van der Waals surface area contributed by atoms with Gasteiger partial charge in [-0.15, -0.1) is 0 Å². The van der Waals surface area contributed by atoms with Gasteiger partial charge < -0.3 is 0 Å². The van der Waals surface area contributed by atoms with Gasteiger partial charge in [-0.2, -0.15) is 5.10 Å². The number of rotatable bonds is 2. The van der Waals surface area contributed by atoms with Gasteiger partial charge in [0.05, 0.1) is 15.9 Å². The van der Waals surface area contributed by atoms with Crippen molar-refractivity contribution in [3.8, 4) is 0 Å². The van der Waals surface area contributed by atoms with Gasteiger partial charge in [0.25, 0.3) is 0 Å². The van der Waals surface area contributed by atoms with Gasteiger partial charge in [0.2, 0.25) is 0 Å². The van der Waals surface area contributed by atoms with E-state index >= 15 is 0 Å². The van der Waals surface area contributed by atoms with Crippen LogP contribution in [0.25, 0.3) is 0 Å². The summed E-state index contributed by atoms with van der Waals surface area (Å²) in [4.78, 5) is 2.52. The molecule has 84 valence electrons. The number of nitrogens with zero attached hydrogens (tertiary/aromatic N) is 3. The number of hydrogen-bond donors (Lipinski definition) is 0. The fourth-order valence-corrected chi connectivity index (χ4v) is 2.64. The number of piperidine rings is 1. The fourth-order valence-electron chi connectivity index (χ4n) is 2.18. The molecule has 4 heteroatoms. The minimum atomic E-state index is 1.03. The average molecular weight is 272 g/mol. The molecule has 0 aliphatic carbocycles. The minimum absolute atomic E-state index is 1.03. The SMILES string of the molecule is Cc1nn(C)c(CN2CCCCC2)c1Br. The summed E-state index contributed by atoms with van der Waals surface area (Å²) in [6.45, 7) is 5.54. The molecule has 1 aromatic heterocycles. The average Bonchev–Trinajstić information content (AvgIpc) is 2.47. The summed E-state index contributed by atoms with van der Waals surface area (Å²) >= 11 is 3.62. The lowest BCUT2D eigenvalue weighted by molar-refractivity contribution is 0.215. The Kier molecular flexibility index (Phi) is 3.46. The molecule has 15 heavy (non-hydrogen) atoms. The Bertz CT molecular complexity index is 340. The largest absolute Gasteiger partial charge is 0.297 e. The summed E-state index contributed by atoms with van der Waals surface area (Å²) < 4.78 is 3.17. The van der Waals surface area contributed by atoms with Gasteiger partial charge in [-0.05, 0) is 48.8 Å². The van der Waals surface area contributed by atoms with E-state index in [0.717, 1.165) is 12.2 Å². The molecule has 0 spiro atoms. The molecule has 3 nitrogen and oxygen atoms in total. The standard InChI is InChI=1S/C11H18BrN3/c1-9-11(12)10(14(2)13-9)8-15-6-4-3-5-7-15/h3-8H2,1-2H3. The van der Waals surface area contributed by atoms with Gasteiger partial charge >= 0.3 is 0 Å². The quantitative estimate of drug-likeness (QED) is 0.824. The summed E-state index contributed by atoms with van der Waals surface area (Å²) in [6.07, 6.45) is 4.07. The second-order valence-corrected chi connectivity index (χ2v) is 5.10. The monoisotopic (exact) mass is 271 g/mol. The predicted molar refractivity (Wildman–Crippen MR) is 64.8 cm³/mol. The highest BCUT2D eigenvalue weighted by Crippen LogP contribution is 2.22. The van der Waals surface area contributed by atoms with Crippen LogP contribution in [0.2, 0.25) is 0 Å². The summed E-state index contributed by atoms with van der Waals surface area (Å²) in [6, 6.07) is 0. The molecule has 2 heterocycles. The van der Waals surface area contributed by atoms with Gasteiger partial charge in [-0.3, -0.25) is 9.58 Å². The summed E-state index contributed by atoms with van der Waals surface area (Å²) in [7, 11) is 2.02. The van der Waals surface area contributed by atoms with Crippen LogP contribution in [-0.4, -0.2) is 27.8 Å². The first-order chi connectivity index (χ1) is 7.18. The third-order valence-electron chi connectivity index (χ3n) is 3.08.